The summed E-state index contributed by atoms with van der Waals surface area (Å²) in [6.07, 6.45) is 13.1. The summed E-state index contributed by atoms with van der Waals surface area (Å²) in [4.78, 5) is 5.84. The average molecular weight is 434 g/mol. The van der Waals surface area contributed by atoms with Crippen LogP contribution in [0.3, 0.4) is 0 Å². The minimum atomic E-state index is -0.275. The standard InChI is InChI=1S/C29H27N3O/c1-31-27(21-30)24-19-26(33-29(20-24)15-6-3-7-16-29)12-10-22-11-13-28-23(18-22)14-17-32(28)25-8-4-2-5-9-25/h2,4-5,8-13,18-19H,3,6-7,14-17,20H2/b12-10+,27-24+. The molecule has 2 aliphatic heterocycles. The molecule has 5 rings (SSSR count). The van der Waals surface area contributed by atoms with Crippen LogP contribution in [-0.2, 0) is 11.2 Å². The second kappa shape index (κ2) is 9.00. The molecule has 1 aliphatic carbocycles. The maximum atomic E-state index is 9.44. The predicted octanol–water partition coefficient (Wildman–Crippen LogP) is 7.10. The fourth-order valence-electron chi connectivity index (χ4n) is 5.34. The molecular weight excluding hydrogens is 406 g/mol. The lowest BCUT2D eigenvalue weighted by Crippen LogP contribution is -2.37. The molecule has 0 atom stereocenters. The van der Waals surface area contributed by atoms with E-state index in [0.717, 1.165) is 55.5 Å². The van der Waals surface area contributed by atoms with Crippen LogP contribution in [0, 0.1) is 17.9 Å². The lowest BCUT2D eigenvalue weighted by molar-refractivity contribution is -0.0285. The SMILES string of the molecule is [C-]#[N+]/C(C#N)=C1C=C(/C=C/c2ccc3c(c2)CCN3c2ccccc2)OC2(CCCCC2)C\1. The summed E-state index contributed by atoms with van der Waals surface area (Å²) >= 11 is 0. The number of para-hydroxylation sites is 1. The summed E-state index contributed by atoms with van der Waals surface area (Å²) in [5.74, 6) is 0.751. The molecular formula is C29H27N3O. The van der Waals surface area contributed by atoms with Crippen LogP contribution in [0.5, 0.6) is 0 Å². The zero-order chi connectivity index (χ0) is 22.7. The third-order valence-electron chi connectivity index (χ3n) is 6.96. The largest absolute Gasteiger partial charge is 0.487 e. The molecule has 2 aromatic carbocycles. The summed E-state index contributed by atoms with van der Waals surface area (Å²) < 4.78 is 6.49. The van der Waals surface area contributed by atoms with Gasteiger partial charge in [-0.05, 0) is 85.2 Å². The van der Waals surface area contributed by atoms with E-state index in [1.54, 1.807) is 0 Å². The average Bonchev–Trinajstić information content (AvgIpc) is 3.28. The van der Waals surface area contributed by atoms with Gasteiger partial charge in [0.15, 0.2) is 0 Å². The van der Waals surface area contributed by atoms with Crippen LogP contribution < -0.4 is 4.90 Å². The van der Waals surface area contributed by atoms with Crippen LogP contribution in [0.4, 0.5) is 11.4 Å². The van der Waals surface area contributed by atoms with E-state index in [4.69, 9.17) is 11.3 Å². The van der Waals surface area contributed by atoms with Gasteiger partial charge in [-0.1, -0.05) is 36.8 Å². The van der Waals surface area contributed by atoms with Gasteiger partial charge in [0.1, 0.15) is 11.4 Å². The summed E-state index contributed by atoms with van der Waals surface area (Å²) in [7, 11) is 0. The van der Waals surface area contributed by atoms with E-state index in [-0.39, 0.29) is 11.3 Å². The summed E-state index contributed by atoms with van der Waals surface area (Å²) in [6.45, 7) is 8.39. The number of benzene rings is 2. The molecule has 0 aromatic heterocycles. The highest BCUT2D eigenvalue weighted by Gasteiger charge is 2.38. The van der Waals surface area contributed by atoms with E-state index >= 15 is 0 Å². The van der Waals surface area contributed by atoms with Crippen LogP contribution in [-0.4, -0.2) is 12.1 Å². The van der Waals surface area contributed by atoms with Gasteiger partial charge in [-0.15, -0.1) is 0 Å². The first-order valence-electron chi connectivity index (χ1n) is 11.7. The second-order valence-electron chi connectivity index (χ2n) is 9.13. The number of nitrogens with zero attached hydrogens (tertiary/aromatic N) is 3. The molecule has 2 aromatic rings. The molecule has 33 heavy (non-hydrogen) atoms. The zero-order valence-electron chi connectivity index (χ0n) is 18.8. The normalized spacial score (nSPS) is 20.5. The Hall–Kier alpha value is -3.76. The van der Waals surface area contributed by atoms with Crippen LogP contribution >= 0.6 is 0 Å². The molecule has 0 N–H and O–H groups in total. The lowest BCUT2D eigenvalue weighted by Gasteiger charge is -2.41. The molecule has 164 valence electrons. The Bertz CT molecular complexity index is 1200. The van der Waals surface area contributed by atoms with Crippen molar-refractivity contribution >= 4 is 17.5 Å². The molecule has 0 radical (unpaired) electrons. The van der Waals surface area contributed by atoms with Crippen molar-refractivity contribution < 1.29 is 4.74 Å². The molecule has 1 saturated carbocycles. The smallest absolute Gasteiger partial charge is 0.265 e. The Balaban J connectivity index is 1.41. The topological polar surface area (TPSA) is 40.6 Å². The van der Waals surface area contributed by atoms with E-state index in [1.165, 1.54) is 23.4 Å². The van der Waals surface area contributed by atoms with Crippen molar-refractivity contribution in [2.24, 2.45) is 0 Å². The highest BCUT2D eigenvalue weighted by molar-refractivity contribution is 5.72. The van der Waals surface area contributed by atoms with Gasteiger partial charge in [0.2, 0.25) is 0 Å². The zero-order valence-corrected chi connectivity index (χ0v) is 18.8. The molecule has 0 unspecified atom stereocenters. The number of rotatable bonds is 3. The van der Waals surface area contributed by atoms with Crippen molar-refractivity contribution in [2.75, 3.05) is 11.4 Å². The number of hydrogen-bond donors (Lipinski definition) is 0. The Labute approximate surface area is 195 Å². The van der Waals surface area contributed by atoms with Crippen molar-refractivity contribution in [3.63, 3.8) is 0 Å². The van der Waals surface area contributed by atoms with Crippen molar-refractivity contribution in [2.45, 2.75) is 50.5 Å². The fourth-order valence-corrected chi connectivity index (χ4v) is 5.34. The first-order valence-corrected chi connectivity index (χ1v) is 11.7. The minimum absolute atomic E-state index is 0.188. The Kier molecular flexibility index (Phi) is 5.76. The third-order valence-corrected chi connectivity index (χ3v) is 6.96. The first-order chi connectivity index (χ1) is 16.2. The van der Waals surface area contributed by atoms with Gasteiger partial charge in [-0.3, -0.25) is 0 Å². The Morgan fingerprint density at radius 2 is 1.91 bits per heavy atom. The van der Waals surface area contributed by atoms with Crippen molar-refractivity contribution in [3.8, 4) is 6.07 Å². The highest BCUT2D eigenvalue weighted by atomic mass is 16.5. The maximum Gasteiger partial charge on any atom is 0.265 e. The molecule has 4 heteroatoms. The van der Waals surface area contributed by atoms with Crippen LogP contribution in [0.1, 0.15) is 49.7 Å². The van der Waals surface area contributed by atoms with Crippen molar-refractivity contribution in [1.82, 2.24) is 0 Å². The monoisotopic (exact) mass is 433 g/mol. The molecule has 0 amide bonds. The molecule has 1 spiro atoms. The van der Waals surface area contributed by atoms with Crippen molar-refractivity contribution in [1.29, 1.82) is 5.26 Å². The molecule has 1 fully saturated rings. The molecule has 3 aliphatic rings. The number of hydrogen-bond acceptors (Lipinski definition) is 3. The number of anilines is 2. The van der Waals surface area contributed by atoms with Gasteiger partial charge < -0.3 is 9.64 Å². The molecule has 0 bridgehead atoms. The van der Waals surface area contributed by atoms with Gasteiger partial charge in [0.05, 0.1) is 12.6 Å². The van der Waals surface area contributed by atoms with E-state index < -0.39 is 0 Å². The van der Waals surface area contributed by atoms with E-state index in [9.17, 15) is 5.26 Å². The van der Waals surface area contributed by atoms with Crippen LogP contribution in [0.15, 0.2) is 77.7 Å². The van der Waals surface area contributed by atoms with Gasteiger partial charge in [-0.25, -0.2) is 10.1 Å². The molecule has 2 heterocycles. The van der Waals surface area contributed by atoms with Gasteiger partial charge >= 0.3 is 0 Å². The Morgan fingerprint density at radius 1 is 1.09 bits per heavy atom. The van der Waals surface area contributed by atoms with E-state index in [2.05, 4.69) is 64.4 Å². The summed E-state index contributed by atoms with van der Waals surface area (Å²) in [6, 6.07) is 19.2. The molecule has 0 saturated heterocycles. The van der Waals surface area contributed by atoms with Gasteiger partial charge in [-0.2, -0.15) is 0 Å². The third kappa shape index (κ3) is 4.30. The van der Waals surface area contributed by atoms with Crippen LogP contribution in [0.2, 0.25) is 0 Å². The van der Waals surface area contributed by atoms with E-state index in [1.807, 2.05) is 18.2 Å². The number of nitriles is 1. The predicted molar refractivity (Wildman–Crippen MR) is 131 cm³/mol. The van der Waals surface area contributed by atoms with E-state index in [0.29, 0.717) is 6.42 Å². The fraction of sp³-hybridized carbons (Fsp3) is 0.310. The van der Waals surface area contributed by atoms with Crippen LogP contribution in [0.25, 0.3) is 10.9 Å². The second-order valence-corrected chi connectivity index (χ2v) is 9.13. The number of ether oxygens (including phenoxy) is 1. The first kappa shape index (κ1) is 21.1. The number of allylic oxidation sites excluding steroid dienone is 3. The number of fused-ring (bicyclic) bond motifs is 1. The van der Waals surface area contributed by atoms with Gasteiger partial charge in [0.25, 0.3) is 5.70 Å². The summed E-state index contributed by atoms with van der Waals surface area (Å²) in [5, 5.41) is 9.44. The highest BCUT2D eigenvalue weighted by Crippen LogP contribution is 2.43. The molecule has 4 nitrogen and oxygen atoms in total. The summed E-state index contributed by atoms with van der Waals surface area (Å²) in [5.41, 5.74) is 5.71. The van der Waals surface area contributed by atoms with Gasteiger partial charge in [0, 0.05) is 24.3 Å². The maximum absolute atomic E-state index is 9.44. The quantitative estimate of drug-likeness (QED) is 0.383. The minimum Gasteiger partial charge on any atom is -0.487 e. The lowest BCUT2D eigenvalue weighted by atomic mass is 9.78. The Morgan fingerprint density at radius 3 is 2.67 bits per heavy atom. The van der Waals surface area contributed by atoms with Crippen molar-refractivity contribution in [3.05, 3.63) is 100 Å².